The quantitative estimate of drug-likeness (QED) is 0.454. The molecule has 0 aliphatic carbocycles. The molecule has 0 radical (unpaired) electrons. The van der Waals surface area contributed by atoms with Crippen molar-refractivity contribution in [1.82, 2.24) is 0 Å². The third kappa shape index (κ3) is 3.02. The van der Waals surface area contributed by atoms with Crippen molar-refractivity contribution in [2.24, 2.45) is 16.5 Å². The Kier molecular flexibility index (Phi) is 3.24. The van der Waals surface area contributed by atoms with Gasteiger partial charge in [-0.05, 0) is 46.9 Å². The minimum absolute atomic E-state index is 0.219. The van der Waals surface area contributed by atoms with Crippen molar-refractivity contribution in [3.05, 3.63) is 33.4 Å². The molecule has 0 aromatic heterocycles. The van der Waals surface area contributed by atoms with E-state index in [4.69, 9.17) is 11.5 Å². The fourth-order valence-electron chi connectivity index (χ4n) is 0.774. The molecule has 0 saturated carbocycles. The molecular formula is C8H8IN3O. The first-order chi connectivity index (χ1) is 6.09. The van der Waals surface area contributed by atoms with Crippen molar-refractivity contribution in [2.75, 3.05) is 0 Å². The van der Waals surface area contributed by atoms with Crippen LogP contribution >= 0.6 is 22.6 Å². The molecule has 1 aromatic rings. The summed E-state index contributed by atoms with van der Waals surface area (Å²) in [6, 6.07) is 6.99. The van der Waals surface area contributed by atoms with Crippen molar-refractivity contribution in [2.45, 2.75) is 0 Å². The minimum Gasteiger partial charge on any atom is -0.370 e. The highest BCUT2D eigenvalue weighted by Crippen LogP contribution is 2.07. The maximum Gasteiger partial charge on any atom is 0.280 e. The fourth-order valence-corrected chi connectivity index (χ4v) is 1.13. The first kappa shape index (κ1) is 9.97. The van der Waals surface area contributed by atoms with Crippen LogP contribution in [0.25, 0.3) is 0 Å². The molecule has 0 atom stereocenters. The number of amides is 1. The Balaban J connectivity index is 2.90. The van der Waals surface area contributed by atoms with E-state index in [1.807, 2.05) is 12.1 Å². The lowest BCUT2D eigenvalue weighted by molar-refractivity contribution is 0.100. The van der Waals surface area contributed by atoms with Crippen LogP contribution in [0.2, 0.25) is 0 Å². The summed E-state index contributed by atoms with van der Waals surface area (Å²) in [5.41, 5.74) is 10.6. The topological polar surface area (TPSA) is 81.5 Å². The predicted molar refractivity (Wildman–Crippen MR) is 59.3 cm³/mol. The lowest BCUT2D eigenvalue weighted by Gasteiger charge is -1.95. The summed E-state index contributed by atoms with van der Waals surface area (Å²) in [7, 11) is 0. The van der Waals surface area contributed by atoms with Gasteiger partial charge in [-0.1, -0.05) is 0 Å². The Morgan fingerprint density at radius 2 is 1.77 bits per heavy atom. The number of carbonyl (C=O) groups is 1. The average Bonchev–Trinajstić information content (AvgIpc) is 2.04. The van der Waals surface area contributed by atoms with Crippen LogP contribution in [-0.2, 0) is 0 Å². The third-order valence-corrected chi connectivity index (χ3v) is 2.04. The molecule has 0 aliphatic rings. The molecule has 5 heteroatoms. The molecule has 4 nitrogen and oxygen atoms in total. The van der Waals surface area contributed by atoms with Crippen LogP contribution in [0.1, 0.15) is 10.4 Å². The molecule has 0 heterocycles. The van der Waals surface area contributed by atoms with E-state index < -0.39 is 5.91 Å². The number of nitrogens with two attached hydrogens (primary N) is 2. The van der Waals surface area contributed by atoms with Gasteiger partial charge in [0.05, 0.1) is 0 Å². The second kappa shape index (κ2) is 4.22. The van der Waals surface area contributed by atoms with Gasteiger partial charge >= 0.3 is 0 Å². The summed E-state index contributed by atoms with van der Waals surface area (Å²) in [6.45, 7) is 0. The highest BCUT2D eigenvalue weighted by Gasteiger charge is 2.02. The maximum absolute atomic E-state index is 11.2. The van der Waals surface area contributed by atoms with E-state index in [1.165, 1.54) is 0 Å². The van der Waals surface area contributed by atoms with Crippen molar-refractivity contribution in [3.63, 3.8) is 0 Å². The molecule has 0 bridgehead atoms. The van der Waals surface area contributed by atoms with Gasteiger partial charge in [-0.25, -0.2) is 0 Å². The van der Waals surface area contributed by atoms with E-state index in [0.29, 0.717) is 5.56 Å². The van der Waals surface area contributed by atoms with Crippen molar-refractivity contribution in [1.29, 1.82) is 0 Å². The lowest BCUT2D eigenvalue weighted by atomic mass is 10.2. The zero-order valence-electron chi connectivity index (χ0n) is 6.70. The second-order valence-corrected chi connectivity index (χ2v) is 3.59. The number of hydrogen-bond donors (Lipinski definition) is 2. The first-order valence-corrected chi connectivity index (χ1v) is 4.57. The molecule has 0 fully saturated rings. The van der Waals surface area contributed by atoms with Gasteiger partial charge in [0.2, 0.25) is 0 Å². The Labute approximate surface area is 89.2 Å². The molecule has 1 amide bonds. The van der Waals surface area contributed by atoms with Gasteiger partial charge in [0.15, 0.2) is 5.96 Å². The van der Waals surface area contributed by atoms with Crippen molar-refractivity contribution in [3.8, 4) is 0 Å². The van der Waals surface area contributed by atoms with E-state index in [1.54, 1.807) is 12.1 Å². The van der Waals surface area contributed by atoms with Gasteiger partial charge in [0.25, 0.3) is 5.91 Å². The van der Waals surface area contributed by atoms with E-state index in [0.717, 1.165) is 3.57 Å². The highest BCUT2D eigenvalue weighted by molar-refractivity contribution is 14.1. The van der Waals surface area contributed by atoms with Gasteiger partial charge in [0.1, 0.15) is 0 Å². The molecule has 13 heavy (non-hydrogen) atoms. The van der Waals surface area contributed by atoms with Gasteiger partial charge in [-0.2, -0.15) is 4.99 Å². The van der Waals surface area contributed by atoms with Crippen molar-refractivity contribution >= 4 is 34.5 Å². The molecule has 1 rings (SSSR count). The van der Waals surface area contributed by atoms with Crippen LogP contribution in [0.4, 0.5) is 0 Å². The normalized spacial score (nSPS) is 9.31. The zero-order chi connectivity index (χ0) is 9.84. The summed E-state index contributed by atoms with van der Waals surface area (Å²) >= 11 is 2.15. The number of halogens is 1. The Morgan fingerprint density at radius 3 is 2.23 bits per heavy atom. The summed E-state index contributed by atoms with van der Waals surface area (Å²) in [5, 5.41) is 0. The molecule has 0 unspecified atom stereocenters. The van der Waals surface area contributed by atoms with Gasteiger partial charge in [-0.3, -0.25) is 4.79 Å². The predicted octanol–water partition coefficient (Wildman–Crippen LogP) is 0.705. The number of carbonyl (C=O) groups excluding carboxylic acids is 1. The van der Waals surface area contributed by atoms with Crippen LogP contribution in [-0.4, -0.2) is 11.9 Å². The molecule has 1 aromatic carbocycles. The summed E-state index contributed by atoms with van der Waals surface area (Å²) < 4.78 is 1.05. The van der Waals surface area contributed by atoms with Gasteiger partial charge in [-0.15, -0.1) is 0 Å². The molecule has 0 saturated heterocycles. The van der Waals surface area contributed by atoms with E-state index in [2.05, 4.69) is 27.6 Å². The van der Waals surface area contributed by atoms with Crippen LogP contribution < -0.4 is 11.5 Å². The van der Waals surface area contributed by atoms with Crippen molar-refractivity contribution < 1.29 is 4.79 Å². The fraction of sp³-hybridized carbons (Fsp3) is 0. The molecule has 0 aliphatic heterocycles. The number of aliphatic imine (C=N–C) groups is 1. The van der Waals surface area contributed by atoms with Gasteiger partial charge < -0.3 is 11.5 Å². The average molecular weight is 289 g/mol. The Bertz CT molecular complexity index is 341. The standard InChI is InChI=1S/C8H8IN3O/c9-6-3-1-5(2-4-6)7(13)12-8(10)11/h1-4H,(H4,10,11,12,13). The zero-order valence-corrected chi connectivity index (χ0v) is 8.86. The largest absolute Gasteiger partial charge is 0.370 e. The maximum atomic E-state index is 11.2. The molecule has 68 valence electrons. The minimum atomic E-state index is -0.420. The summed E-state index contributed by atoms with van der Waals surface area (Å²) in [4.78, 5) is 14.6. The highest BCUT2D eigenvalue weighted by atomic mass is 127. The number of guanidine groups is 1. The summed E-state index contributed by atoms with van der Waals surface area (Å²) in [5.74, 6) is -0.639. The van der Waals surface area contributed by atoms with E-state index in [9.17, 15) is 4.79 Å². The monoisotopic (exact) mass is 289 g/mol. The molecular weight excluding hydrogens is 281 g/mol. The van der Waals surface area contributed by atoms with Crippen LogP contribution in [0.3, 0.4) is 0 Å². The second-order valence-electron chi connectivity index (χ2n) is 2.35. The first-order valence-electron chi connectivity index (χ1n) is 3.49. The van der Waals surface area contributed by atoms with E-state index >= 15 is 0 Å². The number of rotatable bonds is 1. The lowest BCUT2D eigenvalue weighted by Crippen LogP contribution is -2.24. The molecule has 4 N–H and O–H groups in total. The van der Waals surface area contributed by atoms with Gasteiger partial charge in [0, 0.05) is 9.13 Å². The number of nitrogens with zero attached hydrogens (tertiary/aromatic N) is 1. The third-order valence-electron chi connectivity index (χ3n) is 1.32. The SMILES string of the molecule is NC(N)=NC(=O)c1ccc(I)cc1. The molecule has 0 spiro atoms. The Morgan fingerprint density at radius 1 is 1.23 bits per heavy atom. The van der Waals surface area contributed by atoms with Crippen LogP contribution in [0, 0.1) is 3.57 Å². The smallest absolute Gasteiger partial charge is 0.280 e. The number of benzene rings is 1. The number of hydrogen-bond acceptors (Lipinski definition) is 1. The van der Waals surface area contributed by atoms with E-state index in [-0.39, 0.29) is 5.96 Å². The van der Waals surface area contributed by atoms with Crippen LogP contribution in [0.15, 0.2) is 29.3 Å². The summed E-state index contributed by atoms with van der Waals surface area (Å²) in [6.07, 6.45) is 0. The Hall–Kier alpha value is -1.11. The van der Waals surface area contributed by atoms with Crippen LogP contribution in [0.5, 0.6) is 0 Å².